The van der Waals surface area contributed by atoms with Crippen molar-refractivity contribution in [3.8, 4) is 5.75 Å². The van der Waals surface area contributed by atoms with Crippen LogP contribution in [0.15, 0.2) is 42.5 Å². The van der Waals surface area contributed by atoms with Gasteiger partial charge in [-0.1, -0.05) is 13.0 Å². The van der Waals surface area contributed by atoms with Crippen LogP contribution in [-0.4, -0.2) is 29.4 Å². The van der Waals surface area contributed by atoms with Crippen LogP contribution in [-0.2, 0) is 0 Å². The molecular formula is C19H19NO5. The van der Waals surface area contributed by atoms with E-state index in [2.05, 4.69) is 5.32 Å². The van der Waals surface area contributed by atoms with Crippen LogP contribution >= 0.6 is 0 Å². The Morgan fingerprint density at radius 1 is 1.04 bits per heavy atom. The van der Waals surface area contributed by atoms with Crippen LogP contribution in [0.1, 0.15) is 51.3 Å². The summed E-state index contributed by atoms with van der Waals surface area (Å²) < 4.78 is 5.60. The quantitative estimate of drug-likeness (QED) is 0.750. The third kappa shape index (κ3) is 4.67. The van der Waals surface area contributed by atoms with Crippen molar-refractivity contribution in [2.75, 3.05) is 11.9 Å². The third-order valence-corrected chi connectivity index (χ3v) is 3.47. The molecule has 0 aromatic heterocycles. The summed E-state index contributed by atoms with van der Waals surface area (Å²) in [5, 5.41) is 11.7. The molecular weight excluding hydrogens is 322 g/mol. The molecule has 0 saturated heterocycles. The number of ether oxygens (including phenoxy) is 1. The SMILES string of the molecule is CCCOc1ccc(C(C)=O)cc1NC(=O)c1cccc(C(=O)O)c1. The number of benzene rings is 2. The molecule has 0 aliphatic heterocycles. The van der Waals surface area contributed by atoms with Crippen molar-refractivity contribution >= 4 is 23.3 Å². The van der Waals surface area contributed by atoms with Crippen molar-refractivity contribution < 1.29 is 24.2 Å². The molecule has 0 atom stereocenters. The number of carboxylic acid groups (broad SMARTS) is 1. The molecule has 0 heterocycles. The molecule has 0 saturated carbocycles. The molecule has 130 valence electrons. The lowest BCUT2D eigenvalue weighted by Gasteiger charge is -2.13. The molecule has 2 aromatic carbocycles. The maximum absolute atomic E-state index is 12.5. The van der Waals surface area contributed by atoms with E-state index < -0.39 is 11.9 Å². The van der Waals surface area contributed by atoms with Crippen LogP contribution in [0.2, 0.25) is 0 Å². The lowest BCUT2D eigenvalue weighted by molar-refractivity contribution is 0.0696. The van der Waals surface area contributed by atoms with Crippen LogP contribution in [0.5, 0.6) is 5.75 Å². The molecule has 0 aliphatic carbocycles. The highest BCUT2D eigenvalue weighted by molar-refractivity contribution is 6.07. The number of anilines is 1. The Bertz CT molecular complexity index is 813. The van der Waals surface area contributed by atoms with E-state index in [0.29, 0.717) is 23.6 Å². The van der Waals surface area contributed by atoms with E-state index in [9.17, 15) is 14.4 Å². The monoisotopic (exact) mass is 341 g/mol. The van der Waals surface area contributed by atoms with Crippen molar-refractivity contribution in [3.63, 3.8) is 0 Å². The van der Waals surface area contributed by atoms with E-state index in [1.165, 1.54) is 31.2 Å². The van der Waals surface area contributed by atoms with Gasteiger partial charge in [0.15, 0.2) is 5.78 Å². The van der Waals surface area contributed by atoms with E-state index in [1.807, 2.05) is 6.92 Å². The predicted octanol–water partition coefficient (Wildman–Crippen LogP) is 3.63. The van der Waals surface area contributed by atoms with E-state index in [4.69, 9.17) is 9.84 Å². The lowest BCUT2D eigenvalue weighted by atomic mass is 10.1. The number of carboxylic acids is 1. The third-order valence-electron chi connectivity index (χ3n) is 3.47. The summed E-state index contributed by atoms with van der Waals surface area (Å²) in [4.78, 5) is 35.1. The molecule has 6 heteroatoms. The number of aromatic carboxylic acids is 1. The number of rotatable bonds is 7. The second kappa shape index (κ2) is 8.10. The zero-order valence-corrected chi connectivity index (χ0v) is 14.0. The van der Waals surface area contributed by atoms with Crippen LogP contribution < -0.4 is 10.1 Å². The first kappa shape index (κ1) is 18.2. The van der Waals surface area contributed by atoms with Gasteiger partial charge in [0.1, 0.15) is 5.75 Å². The van der Waals surface area contributed by atoms with Crippen molar-refractivity contribution in [1.29, 1.82) is 0 Å². The van der Waals surface area contributed by atoms with Gasteiger partial charge in [0.05, 0.1) is 17.9 Å². The zero-order chi connectivity index (χ0) is 18.4. The maximum Gasteiger partial charge on any atom is 0.335 e. The maximum atomic E-state index is 12.5. The lowest BCUT2D eigenvalue weighted by Crippen LogP contribution is -2.14. The average molecular weight is 341 g/mol. The molecule has 0 spiro atoms. The van der Waals surface area contributed by atoms with Gasteiger partial charge in [-0.05, 0) is 49.7 Å². The molecule has 0 aliphatic rings. The molecule has 1 amide bonds. The molecule has 2 N–H and O–H groups in total. The Morgan fingerprint density at radius 3 is 2.40 bits per heavy atom. The fraction of sp³-hybridized carbons (Fsp3) is 0.211. The Labute approximate surface area is 145 Å². The molecule has 0 unspecified atom stereocenters. The van der Waals surface area contributed by atoms with Gasteiger partial charge >= 0.3 is 5.97 Å². The van der Waals surface area contributed by atoms with Crippen LogP contribution in [0.3, 0.4) is 0 Å². The van der Waals surface area contributed by atoms with E-state index in [1.54, 1.807) is 18.2 Å². The van der Waals surface area contributed by atoms with Crippen molar-refractivity contribution in [3.05, 3.63) is 59.2 Å². The summed E-state index contributed by atoms with van der Waals surface area (Å²) in [6.45, 7) is 3.86. The Morgan fingerprint density at radius 2 is 1.76 bits per heavy atom. The van der Waals surface area contributed by atoms with Gasteiger partial charge in [0, 0.05) is 11.1 Å². The van der Waals surface area contributed by atoms with Gasteiger partial charge in [-0.15, -0.1) is 0 Å². The summed E-state index contributed by atoms with van der Waals surface area (Å²) in [5.74, 6) is -1.27. The van der Waals surface area contributed by atoms with Gasteiger partial charge in [-0.25, -0.2) is 4.79 Å². The largest absolute Gasteiger partial charge is 0.491 e. The first-order valence-corrected chi connectivity index (χ1v) is 7.85. The Kier molecular flexibility index (Phi) is 5.89. The number of Topliss-reactive ketones (excluding diaryl/α,β-unsaturated/α-hetero) is 1. The predicted molar refractivity (Wildman–Crippen MR) is 93.6 cm³/mol. The van der Waals surface area contributed by atoms with E-state index in [0.717, 1.165) is 6.42 Å². The second-order valence-corrected chi connectivity index (χ2v) is 5.46. The molecule has 0 fully saturated rings. The summed E-state index contributed by atoms with van der Waals surface area (Å²) in [6, 6.07) is 10.5. The molecule has 0 radical (unpaired) electrons. The highest BCUT2D eigenvalue weighted by atomic mass is 16.5. The van der Waals surface area contributed by atoms with Gasteiger partial charge in [0.2, 0.25) is 0 Å². The number of ketones is 1. The zero-order valence-electron chi connectivity index (χ0n) is 14.0. The van der Waals surface area contributed by atoms with Gasteiger partial charge < -0.3 is 15.2 Å². The van der Waals surface area contributed by atoms with E-state index >= 15 is 0 Å². The minimum absolute atomic E-state index is 0.0209. The molecule has 25 heavy (non-hydrogen) atoms. The summed E-state index contributed by atoms with van der Waals surface area (Å²) in [5.41, 5.74) is 1.03. The van der Waals surface area contributed by atoms with Crippen molar-refractivity contribution in [2.45, 2.75) is 20.3 Å². The fourth-order valence-corrected chi connectivity index (χ4v) is 2.17. The fourth-order valence-electron chi connectivity index (χ4n) is 2.17. The van der Waals surface area contributed by atoms with Crippen molar-refractivity contribution in [2.24, 2.45) is 0 Å². The minimum Gasteiger partial charge on any atom is -0.491 e. The number of carbonyl (C=O) groups is 3. The number of carbonyl (C=O) groups excluding carboxylic acids is 2. The molecule has 2 rings (SSSR count). The van der Waals surface area contributed by atoms with Crippen LogP contribution in [0.25, 0.3) is 0 Å². The highest BCUT2D eigenvalue weighted by Crippen LogP contribution is 2.27. The van der Waals surface area contributed by atoms with Gasteiger partial charge in [-0.2, -0.15) is 0 Å². The van der Waals surface area contributed by atoms with Gasteiger partial charge in [-0.3, -0.25) is 9.59 Å². The average Bonchev–Trinajstić information content (AvgIpc) is 2.60. The highest BCUT2D eigenvalue weighted by Gasteiger charge is 2.14. The Hall–Kier alpha value is -3.15. The second-order valence-electron chi connectivity index (χ2n) is 5.46. The summed E-state index contributed by atoms with van der Waals surface area (Å²) >= 11 is 0. The first-order chi connectivity index (χ1) is 11.9. The Balaban J connectivity index is 2.31. The first-order valence-electron chi connectivity index (χ1n) is 7.85. The van der Waals surface area contributed by atoms with Crippen LogP contribution in [0, 0.1) is 0 Å². The minimum atomic E-state index is -1.11. The smallest absolute Gasteiger partial charge is 0.335 e. The van der Waals surface area contributed by atoms with E-state index in [-0.39, 0.29) is 16.9 Å². The molecule has 2 aromatic rings. The number of nitrogens with one attached hydrogen (secondary N) is 1. The topological polar surface area (TPSA) is 92.7 Å². The standard InChI is InChI=1S/C19H19NO5/c1-3-9-25-17-8-7-13(12(2)21)11-16(17)20-18(22)14-5-4-6-15(10-14)19(23)24/h4-8,10-11H,3,9H2,1-2H3,(H,20,22)(H,23,24). The van der Waals surface area contributed by atoms with Crippen molar-refractivity contribution in [1.82, 2.24) is 0 Å². The normalized spacial score (nSPS) is 10.2. The van der Waals surface area contributed by atoms with Crippen LogP contribution in [0.4, 0.5) is 5.69 Å². The molecule has 6 nitrogen and oxygen atoms in total. The number of hydrogen-bond acceptors (Lipinski definition) is 4. The van der Waals surface area contributed by atoms with Gasteiger partial charge in [0.25, 0.3) is 5.91 Å². The summed E-state index contributed by atoms with van der Waals surface area (Å²) in [6.07, 6.45) is 0.794. The summed E-state index contributed by atoms with van der Waals surface area (Å²) in [7, 11) is 0. The number of amides is 1. The molecule has 0 bridgehead atoms. The number of hydrogen-bond donors (Lipinski definition) is 2.